The van der Waals surface area contributed by atoms with Gasteiger partial charge in [-0.2, -0.15) is 0 Å². The van der Waals surface area contributed by atoms with Gasteiger partial charge in [0.1, 0.15) is 0 Å². The van der Waals surface area contributed by atoms with Crippen LogP contribution >= 0.6 is 7.59 Å². The van der Waals surface area contributed by atoms with Crippen molar-refractivity contribution in [2.24, 2.45) is 5.41 Å². The summed E-state index contributed by atoms with van der Waals surface area (Å²) in [6, 6.07) is 0. The van der Waals surface area contributed by atoms with Crippen LogP contribution in [0.4, 0.5) is 0 Å². The summed E-state index contributed by atoms with van der Waals surface area (Å²) in [4.78, 5) is 0. The average molecular weight is 277 g/mol. The van der Waals surface area contributed by atoms with Gasteiger partial charge in [-0.3, -0.25) is 4.57 Å². The number of nitrogens with zero attached hydrogens (tertiary/aromatic N) is 3. The molecule has 0 unspecified atom stereocenters. The first-order chi connectivity index (χ1) is 8.08. The molecule has 0 fully saturated rings. The SMILES string of the molecule is CCCC(C)(C)CCN(C)P(=O)(N(C)C)N(C)C. The van der Waals surface area contributed by atoms with E-state index in [9.17, 15) is 4.57 Å². The lowest BCUT2D eigenvalue weighted by molar-refractivity contribution is 0.264. The van der Waals surface area contributed by atoms with Gasteiger partial charge in [0.2, 0.25) is 0 Å². The second-order valence-electron chi connectivity index (χ2n) is 6.25. The van der Waals surface area contributed by atoms with Crippen molar-refractivity contribution in [3.05, 3.63) is 0 Å². The number of hydrogen-bond acceptors (Lipinski definition) is 1. The van der Waals surface area contributed by atoms with Crippen molar-refractivity contribution in [2.75, 3.05) is 41.8 Å². The largest absolute Gasteiger partial charge is 0.285 e. The van der Waals surface area contributed by atoms with Crippen LogP contribution in [0.1, 0.15) is 40.0 Å². The zero-order chi connectivity index (χ0) is 14.6. The van der Waals surface area contributed by atoms with Crippen molar-refractivity contribution in [1.82, 2.24) is 14.0 Å². The van der Waals surface area contributed by atoms with Crippen LogP contribution in [-0.2, 0) is 4.57 Å². The molecule has 4 nitrogen and oxygen atoms in total. The minimum absolute atomic E-state index is 0.326. The van der Waals surface area contributed by atoms with E-state index in [1.807, 2.05) is 49.2 Å². The van der Waals surface area contributed by atoms with Crippen LogP contribution < -0.4 is 0 Å². The zero-order valence-electron chi connectivity index (χ0n) is 13.5. The van der Waals surface area contributed by atoms with Gasteiger partial charge in [-0.25, -0.2) is 14.0 Å². The van der Waals surface area contributed by atoms with Gasteiger partial charge in [0.05, 0.1) is 0 Å². The molecule has 110 valence electrons. The van der Waals surface area contributed by atoms with Crippen LogP contribution in [0.2, 0.25) is 0 Å². The van der Waals surface area contributed by atoms with E-state index in [4.69, 9.17) is 0 Å². The molecule has 0 saturated heterocycles. The predicted molar refractivity (Wildman–Crippen MR) is 80.9 cm³/mol. The minimum Gasteiger partial charge on any atom is -0.270 e. The Kier molecular flexibility index (Phi) is 7.09. The van der Waals surface area contributed by atoms with Crippen LogP contribution in [-0.4, -0.2) is 55.8 Å². The maximum absolute atomic E-state index is 13.0. The summed E-state index contributed by atoms with van der Waals surface area (Å²) in [5, 5.41) is 0. The highest BCUT2D eigenvalue weighted by Crippen LogP contribution is 2.52. The number of rotatable bonds is 8. The monoisotopic (exact) mass is 277 g/mol. The molecule has 0 saturated carbocycles. The molecule has 0 heterocycles. The Hall–Kier alpha value is 0.110. The van der Waals surface area contributed by atoms with Gasteiger partial charge in [0, 0.05) is 6.54 Å². The quantitative estimate of drug-likeness (QED) is 0.636. The van der Waals surface area contributed by atoms with Crippen molar-refractivity contribution < 1.29 is 4.57 Å². The molecule has 0 N–H and O–H groups in total. The van der Waals surface area contributed by atoms with Crippen LogP contribution in [0.15, 0.2) is 0 Å². The van der Waals surface area contributed by atoms with Crippen LogP contribution in [0.3, 0.4) is 0 Å². The average Bonchev–Trinajstić information content (AvgIpc) is 2.24. The first-order valence-corrected chi connectivity index (χ1v) is 8.31. The van der Waals surface area contributed by atoms with Crippen molar-refractivity contribution in [2.45, 2.75) is 40.0 Å². The van der Waals surface area contributed by atoms with Gasteiger partial charge in [-0.1, -0.05) is 27.2 Å². The molecule has 0 aliphatic carbocycles. The lowest BCUT2D eigenvalue weighted by Crippen LogP contribution is -2.34. The van der Waals surface area contributed by atoms with E-state index in [2.05, 4.69) is 20.8 Å². The molecule has 0 bridgehead atoms. The van der Waals surface area contributed by atoms with Crippen LogP contribution in [0.5, 0.6) is 0 Å². The van der Waals surface area contributed by atoms with E-state index in [0.717, 1.165) is 13.0 Å². The molecule has 0 aliphatic heterocycles. The fraction of sp³-hybridized carbons (Fsp3) is 1.00. The smallest absolute Gasteiger partial charge is 0.270 e. The third-order valence-corrected chi connectivity index (χ3v) is 6.70. The van der Waals surface area contributed by atoms with Crippen molar-refractivity contribution in [3.63, 3.8) is 0 Å². The van der Waals surface area contributed by atoms with E-state index < -0.39 is 7.59 Å². The van der Waals surface area contributed by atoms with Crippen LogP contribution in [0, 0.1) is 5.41 Å². The Morgan fingerprint density at radius 2 is 1.39 bits per heavy atom. The Labute approximate surface area is 114 Å². The molecule has 0 spiro atoms. The summed E-state index contributed by atoms with van der Waals surface area (Å²) >= 11 is 0. The first-order valence-electron chi connectivity index (χ1n) is 6.75. The molecule has 5 heteroatoms. The van der Waals surface area contributed by atoms with Crippen molar-refractivity contribution in [3.8, 4) is 0 Å². The molecule has 0 aromatic rings. The summed E-state index contributed by atoms with van der Waals surface area (Å²) < 4.78 is 18.6. The van der Waals surface area contributed by atoms with E-state index in [0.29, 0.717) is 5.41 Å². The predicted octanol–water partition coefficient (Wildman–Crippen LogP) is 3.37. The highest BCUT2D eigenvalue weighted by molar-refractivity contribution is 7.56. The van der Waals surface area contributed by atoms with E-state index in [1.165, 1.54) is 12.8 Å². The maximum Gasteiger partial charge on any atom is 0.285 e. The highest BCUT2D eigenvalue weighted by atomic mass is 31.2. The Morgan fingerprint density at radius 3 is 1.72 bits per heavy atom. The lowest BCUT2D eigenvalue weighted by Gasteiger charge is -2.38. The standard InChI is InChI=1S/C13H32N3OP/c1-9-10-13(2,3)11-12-16(8)18(17,14(4)5)15(6)7/h9-12H2,1-8H3. The second kappa shape index (κ2) is 7.04. The Bertz CT molecular complexity index is 278. The molecule has 18 heavy (non-hydrogen) atoms. The topological polar surface area (TPSA) is 26.8 Å². The normalized spacial score (nSPS) is 13.9. The zero-order valence-corrected chi connectivity index (χ0v) is 14.4. The van der Waals surface area contributed by atoms with Gasteiger partial charge in [-0.15, -0.1) is 0 Å². The summed E-state index contributed by atoms with van der Waals surface area (Å²) in [6.07, 6.45) is 3.49. The summed E-state index contributed by atoms with van der Waals surface area (Å²) in [5.74, 6) is 0. The lowest BCUT2D eigenvalue weighted by atomic mass is 9.85. The molecule has 0 aliphatic rings. The van der Waals surface area contributed by atoms with E-state index >= 15 is 0 Å². The first kappa shape index (κ1) is 18.1. The minimum atomic E-state index is -2.56. The van der Waals surface area contributed by atoms with Gasteiger partial charge < -0.3 is 0 Å². The van der Waals surface area contributed by atoms with Gasteiger partial charge in [-0.05, 0) is 53.5 Å². The Morgan fingerprint density at radius 1 is 0.944 bits per heavy atom. The third kappa shape index (κ3) is 4.65. The highest BCUT2D eigenvalue weighted by Gasteiger charge is 2.33. The summed E-state index contributed by atoms with van der Waals surface area (Å²) in [6.45, 7) is 7.66. The molecule has 0 aromatic carbocycles. The summed E-state index contributed by atoms with van der Waals surface area (Å²) in [5.41, 5.74) is 0.326. The van der Waals surface area contributed by atoms with E-state index in [-0.39, 0.29) is 0 Å². The van der Waals surface area contributed by atoms with Gasteiger partial charge in [0.15, 0.2) is 0 Å². The fourth-order valence-electron chi connectivity index (χ4n) is 2.37. The van der Waals surface area contributed by atoms with Crippen LogP contribution in [0.25, 0.3) is 0 Å². The Balaban J connectivity index is 4.65. The molecular formula is C13H32N3OP. The fourth-order valence-corrected chi connectivity index (χ4v) is 4.66. The second-order valence-corrected chi connectivity index (χ2v) is 9.56. The molecule has 0 atom stereocenters. The molecule has 0 radical (unpaired) electrons. The van der Waals surface area contributed by atoms with Crippen molar-refractivity contribution in [1.29, 1.82) is 0 Å². The molecule has 0 amide bonds. The summed E-state index contributed by atoms with van der Waals surface area (Å²) in [7, 11) is 6.94. The third-order valence-electron chi connectivity index (χ3n) is 3.53. The molecule has 0 rings (SSSR count). The van der Waals surface area contributed by atoms with E-state index in [1.54, 1.807) is 0 Å². The van der Waals surface area contributed by atoms with Crippen molar-refractivity contribution >= 4 is 7.59 Å². The molecular weight excluding hydrogens is 245 g/mol. The maximum atomic E-state index is 13.0. The molecule has 0 aromatic heterocycles. The van der Waals surface area contributed by atoms with Gasteiger partial charge in [0.25, 0.3) is 7.59 Å². The number of hydrogen-bond donors (Lipinski definition) is 0. The van der Waals surface area contributed by atoms with Gasteiger partial charge >= 0.3 is 0 Å².